The topological polar surface area (TPSA) is 101 Å². The number of hydrogen-bond acceptors (Lipinski definition) is 9. The summed E-state index contributed by atoms with van der Waals surface area (Å²) in [6.45, 7) is 2.82. The highest BCUT2D eigenvalue weighted by Crippen LogP contribution is 2.27. The number of aromatic nitrogens is 4. The molecule has 1 aliphatic heterocycles. The first-order chi connectivity index (χ1) is 14.3. The van der Waals surface area contributed by atoms with Gasteiger partial charge >= 0.3 is 0 Å². The van der Waals surface area contributed by atoms with Crippen molar-refractivity contribution in [1.29, 1.82) is 0 Å². The number of aryl methyl sites for hydroxylation is 1. The van der Waals surface area contributed by atoms with Crippen LogP contribution >= 0.6 is 11.3 Å². The van der Waals surface area contributed by atoms with Gasteiger partial charge in [-0.1, -0.05) is 5.16 Å². The van der Waals surface area contributed by atoms with Gasteiger partial charge in [-0.15, -0.1) is 11.3 Å². The minimum absolute atomic E-state index is 0.0887. The Morgan fingerprint density at radius 2 is 2.07 bits per heavy atom. The molecule has 5 heterocycles. The molecule has 1 aliphatic rings. The Bertz CT molecular complexity index is 1110. The third-order valence-electron chi connectivity index (χ3n) is 4.93. The zero-order chi connectivity index (χ0) is 19.6. The van der Waals surface area contributed by atoms with E-state index < -0.39 is 0 Å². The van der Waals surface area contributed by atoms with E-state index in [2.05, 4.69) is 25.0 Å². The Hall–Kier alpha value is -3.27. The zero-order valence-corrected chi connectivity index (χ0v) is 16.3. The van der Waals surface area contributed by atoms with Crippen molar-refractivity contribution in [2.45, 2.75) is 12.8 Å². The summed E-state index contributed by atoms with van der Waals surface area (Å²) in [4.78, 5) is 30.7. The summed E-state index contributed by atoms with van der Waals surface area (Å²) in [6, 6.07) is 5.58. The Labute approximate surface area is 170 Å². The summed E-state index contributed by atoms with van der Waals surface area (Å²) in [6.07, 6.45) is 3.91. The van der Waals surface area contributed by atoms with E-state index in [1.54, 1.807) is 36.1 Å². The largest absolute Gasteiger partial charge is 0.461 e. The van der Waals surface area contributed by atoms with E-state index in [-0.39, 0.29) is 5.91 Å². The van der Waals surface area contributed by atoms with Crippen LogP contribution in [0.3, 0.4) is 0 Å². The maximum atomic E-state index is 12.6. The van der Waals surface area contributed by atoms with Crippen molar-refractivity contribution < 1.29 is 13.7 Å². The van der Waals surface area contributed by atoms with Crippen LogP contribution in [0.25, 0.3) is 21.8 Å². The number of carbonyl (C=O) groups excluding carboxylic acids is 1. The highest BCUT2D eigenvalue weighted by molar-refractivity contribution is 7.16. The highest BCUT2D eigenvalue weighted by Gasteiger charge is 2.23. The van der Waals surface area contributed by atoms with Gasteiger partial charge in [-0.05, 0) is 23.6 Å². The average molecular weight is 410 g/mol. The average Bonchev–Trinajstić information content (AvgIpc) is 3.52. The molecule has 29 heavy (non-hydrogen) atoms. The van der Waals surface area contributed by atoms with E-state index in [0.717, 1.165) is 29.1 Å². The fraction of sp³-hybridized carbons (Fsp3) is 0.316. The number of piperazine rings is 1. The lowest BCUT2D eigenvalue weighted by Crippen LogP contribution is -2.49. The summed E-state index contributed by atoms with van der Waals surface area (Å²) >= 11 is 1.61. The van der Waals surface area contributed by atoms with Gasteiger partial charge in [0.2, 0.25) is 17.6 Å². The first kappa shape index (κ1) is 17.8. The third kappa shape index (κ3) is 3.58. The molecule has 0 atom stereocenters. The van der Waals surface area contributed by atoms with Crippen molar-refractivity contribution in [2.75, 3.05) is 31.1 Å². The van der Waals surface area contributed by atoms with E-state index in [0.29, 0.717) is 43.4 Å². The maximum Gasteiger partial charge on any atom is 0.238 e. The molecule has 0 spiro atoms. The number of thiophene rings is 1. The standard InChI is InChI=1S/C19H18N6O3S/c26-16(4-3-15-22-17(23-28-15)14-2-1-10-27-14)24-6-8-25(9-7-24)18-13-5-11-29-19(13)21-12-20-18/h1-2,5,10-12H,3-4,6-9H2. The van der Waals surface area contributed by atoms with Gasteiger partial charge in [0, 0.05) is 39.0 Å². The van der Waals surface area contributed by atoms with E-state index in [9.17, 15) is 4.79 Å². The van der Waals surface area contributed by atoms with Crippen molar-refractivity contribution in [3.63, 3.8) is 0 Å². The van der Waals surface area contributed by atoms with Crippen molar-refractivity contribution >= 4 is 33.3 Å². The number of anilines is 1. The van der Waals surface area contributed by atoms with E-state index in [1.807, 2.05) is 16.3 Å². The molecule has 1 amide bonds. The number of hydrogen-bond donors (Lipinski definition) is 0. The quantitative estimate of drug-likeness (QED) is 0.495. The van der Waals surface area contributed by atoms with Gasteiger partial charge in [0.05, 0.1) is 11.6 Å². The van der Waals surface area contributed by atoms with Crippen LogP contribution in [0.5, 0.6) is 0 Å². The van der Waals surface area contributed by atoms with Crippen molar-refractivity contribution in [1.82, 2.24) is 25.0 Å². The zero-order valence-electron chi connectivity index (χ0n) is 15.5. The number of fused-ring (bicyclic) bond motifs is 1. The summed E-state index contributed by atoms with van der Waals surface area (Å²) in [5.41, 5.74) is 0. The van der Waals surface area contributed by atoms with Crippen LogP contribution < -0.4 is 4.90 Å². The number of nitrogens with zero attached hydrogens (tertiary/aromatic N) is 6. The molecule has 4 aromatic rings. The highest BCUT2D eigenvalue weighted by atomic mass is 32.1. The second-order valence-electron chi connectivity index (χ2n) is 6.69. The Balaban J connectivity index is 1.16. The molecule has 0 N–H and O–H groups in total. The molecular weight excluding hydrogens is 392 g/mol. The van der Waals surface area contributed by atoms with E-state index in [1.165, 1.54) is 0 Å². The van der Waals surface area contributed by atoms with Crippen LogP contribution in [0.2, 0.25) is 0 Å². The lowest BCUT2D eigenvalue weighted by atomic mass is 10.2. The fourth-order valence-electron chi connectivity index (χ4n) is 3.43. The molecule has 0 aromatic carbocycles. The predicted octanol–water partition coefficient (Wildman–Crippen LogP) is 2.62. The summed E-state index contributed by atoms with van der Waals surface area (Å²) in [5.74, 6) is 2.41. The van der Waals surface area contributed by atoms with Crippen molar-refractivity contribution in [3.8, 4) is 11.6 Å². The molecule has 0 bridgehead atoms. The number of rotatable bonds is 5. The van der Waals surface area contributed by atoms with Crippen LogP contribution in [0.15, 0.2) is 45.1 Å². The second kappa shape index (κ2) is 7.63. The number of carbonyl (C=O) groups is 1. The Kier molecular flexibility index (Phi) is 4.68. The van der Waals surface area contributed by atoms with Gasteiger partial charge in [-0.2, -0.15) is 4.98 Å². The lowest BCUT2D eigenvalue weighted by molar-refractivity contribution is -0.131. The van der Waals surface area contributed by atoms with Crippen LogP contribution in [0.1, 0.15) is 12.3 Å². The monoisotopic (exact) mass is 410 g/mol. The van der Waals surface area contributed by atoms with E-state index in [4.69, 9.17) is 8.94 Å². The Morgan fingerprint density at radius 3 is 2.90 bits per heavy atom. The minimum Gasteiger partial charge on any atom is -0.461 e. The summed E-state index contributed by atoms with van der Waals surface area (Å²) < 4.78 is 10.5. The molecule has 148 valence electrons. The first-order valence-electron chi connectivity index (χ1n) is 9.35. The predicted molar refractivity (Wildman–Crippen MR) is 107 cm³/mol. The number of amides is 1. The van der Waals surface area contributed by atoms with Crippen LogP contribution in [0.4, 0.5) is 5.82 Å². The molecular formula is C19H18N6O3S. The maximum absolute atomic E-state index is 12.6. The lowest BCUT2D eigenvalue weighted by Gasteiger charge is -2.35. The fourth-order valence-corrected chi connectivity index (χ4v) is 4.16. The molecule has 10 heteroatoms. The van der Waals surface area contributed by atoms with Gasteiger partial charge in [-0.3, -0.25) is 4.79 Å². The first-order valence-corrected chi connectivity index (χ1v) is 10.2. The normalized spacial score (nSPS) is 14.6. The molecule has 5 rings (SSSR count). The molecule has 1 fully saturated rings. The molecule has 0 radical (unpaired) electrons. The summed E-state index contributed by atoms with van der Waals surface area (Å²) in [5, 5.41) is 6.99. The van der Waals surface area contributed by atoms with Gasteiger partial charge in [0.15, 0.2) is 5.76 Å². The van der Waals surface area contributed by atoms with Crippen LogP contribution in [-0.2, 0) is 11.2 Å². The molecule has 0 unspecified atom stereocenters. The molecule has 9 nitrogen and oxygen atoms in total. The molecule has 0 saturated carbocycles. The van der Waals surface area contributed by atoms with Gasteiger partial charge in [-0.25, -0.2) is 9.97 Å². The second-order valence-corrected chi connectivity index (χ2v) is 7.59. The minimum atomic E-state index is 0.0887. The SMILES string of the molecule is O=C(CCc1nc(-c2ccco2)no1)N1CCN(c2ncnc3sccc23)CC1. The van der Waals surface area contributed by atoms with Crippen molar-refractivity contribution in [2.24, 2.45) is 0 Å². The third-order valence-corrected chi connectivity index (χ3v) is 5.76. The number of furan rings is 1. The van der Waals surface area contributed by atoms with Gasteiger partial charge < -0.3 is 18.7 Å². The molecule has 1 saturated heterocycles. The van der Waals surface area contributed by atoms with Gasteiger partial charge in [0.25, 0.3) is 0 Å². The molecule has 4 aromatic heterocycles. The van der Waals surface area contributed by atoms with Crippen molar-refractivity contribution in [3.05, 3.63) is 42.1 Å². The van der Waals surface area contributed by atoms with Crippen LogP contribution in [0, 0.1) is 0 Å². The summed E-state index contributed by atoms with van der Waals surface area (Å²) in [7, 11) is 0. The smallest absolute Gasteiger partial charge is 0.238 e. The molecule has 0 aliphatic carbocycles. The van der Waals surface area contributed by atoms with E-state index >= 15 is 0 Å². The van der Waals surface area contributed by atoms with Crippen LogP contribution in [-0.4, -0.2) is 57.1 Å². The van der Waals surface area contributed by atoms with Gasteiger partial charge in [0.1, 0.15) is 17.0 Å². The Morgan fingerprint density at radius 1 is 1.17 bits per heavy atom.